The van der Waals surface area contributed by atoms with Gasteiger partial charge in [0.05, 0.1) is 12.3 Å². The molecule has 0 amide bonds. The number of aliphatic hydroxyl groups excluding tert-OH is 1. The van der Waals surface area contributed by atoms with Crippen LogP contribution in [0.15, 0.2) is 12.4 Å². The first kappa shape index (κ1) is 11.0. The van der Waals surface area contributed by atoms with Crippen LogP contribution in [0.5, 0.6) is 0 Å². The van der Waals surface area contributed by atoms with Crippen LogP contribution < -0.4 is 0 Å². The molecule has 1 N–H and O–H groups in total. The van der Waals surface area contributed by atoms with Crippen LogP contribution in [-0.2, 0) is 13.5 Å². The standard InChI is InChI=1S/C11H18N2OS/c1-13-8-9(7-12-13)4-5-10(14)11-3-2-6-15-11/h7-8,10-11,14H,2-6H2,1H3. The molecule has 1 saturated heterocycles. The van der Waals surface area contributed by atoms with Crippen molar-refractivity contribution < 1.29 is 5.11 Å². The molecule has 1 aromatic heterocycles. The fourth-order valence-corrected chi connectivity index (χ4v) is 3.34. The van der Waals surface area contributed by atoms with Gasteiger partial charge in [-0.15, -0.1) is 0 Å². The van der Waals surface area contributed by atoms with Crippen LogP contribution in [0, 0.1) is 0 Å². The van der Waals surface area contributed by atoms with E-state index in [1.807, 2.05) is 35.9 Å². The molecule has 15 heavy (non-hydrogen) atoms. The molecule has 0 bridgehead atoms. The van der Waals surface area contributed by atoms with Gasteiger partial charge in [0, 0.05) is 18.5 Å². The maximum absolute atomic E-state index is 9.97. The van der Waals surface area contributed by atoms with Crippen molar-refractivity contribution in [2.45, 2.75) is 37.0 Å². The van der Waals surface area contributed by atoms with E-state index in [2.05, 4.69) is 5.10 Å². The van der Waals surface area contributed by atoms with Gasteiger partial charge in [0.1, 0.15) is 0 Å². The summed E-state index contributed by atoms with van der Waals surface area (Å²) in [5.41, 5.74) is 1.22. The zero-order valence-corrected chi connectivity index (χ0v) is 9.91. The van der Waals surface area contributed by atoms with Crippen molar-refractivity contribution in [3.8, 4) is 0 Å². The molecule has 84 valence electrons. The lowest BCUT2D eigenvalue weighted by Crippen LogP contribution is -2.21. The highest BCUT2D eigenvalue weighted by Gasteiger charge is 2.23. The van der Waals surface area contributed by atoms with Crippen molar-refractivity contribution in [1.82, 2.24) is 9.78 Å². The van der Waals surface area contributed by atoms with E-state index < -0.39 is 0 Å². The van der Waals surface area contributed by atoms with Crippen molar-refractivity contribution in [3.05, 3.63) is 18.0 Å². The lowest BCUT2D eigenvalue weighted by Gasteiger charge is -2.16. The van der Waals surface area contributed by atoms with E-state index in [0.717, 1.165) is 12.8 Å². The van der Waals surface area contributed by atoms with Gasteiger partial charge in [0.15, 0.2) is 0 Å². The van der Waals surface area contributed by atoms with Crippen LogP contribution in [0.3, 0.4) is 0 Å². The summed E-state index contributed by atoms with van der Waals surface area (Å²) in [6, 6.07) is 0. The molecule has 1 fully saturated rings. The van der Waals surface area contributed by atoms with Gasteiger partial charge in [-0.05, 0) is 37.0 Å². The summed E-state index contributed by atoms with van der Waals surface area (Å²) < 4.78 is 1.81. The van der Waals surface area contributed by atoms with Gasteiger partial charge in [0.25, 0.3) is 0 Å². The normalized spacial score (nSPS) is 23.2. The highest BCUT2D eigenvalue weighted by Crippen LogP contribution is 2.30. The molecule has 0 radical (unpaired) electrons. The summed E-state index contributed by atoms with van der Waals surface area (Å²) in [5, 5.41) is 14.6. The van der Waals surface area contributed by atoms with Gasteiger partial charge >= 0.3 is 0 Å². The average molecular weight is 226 g/mol. The molecule has 1 aromatic rings. The average Bonchev–Trinajstić information content (AvgIpc) is 2.84. The first-order valence-corrected chi connectivity index (χ1v) is 6.58. The Kier molecular flexibility index (Phi) is 3.70. The Morgan fingerprint density at radius 3 is 3.20 bits per heavy atom. The fraction of sp³-hybridized carbons (Fsp3) is 0.727. The third kappa shape index (κ3) is 2.98. The summed E-state index contributed by atoms with van der Waals surface area (Å²) in [5.74, 6) is 1.22. The van der Waals surface area contributed by atoms with E-state index in [4.69, 9.17) is 0 Å². The maximum Gasteiger partial charge on any atom is 0.0662 e. The number of nitrogens with zero attached hydrogens (tertiary/aromatic N) is 2. The molecule has 1 aliphatic rings. The minimum absolute atomic E-state index is 0.141. The number of thioether (sulfide) groups is 1. The molecular weight excluding hydrogens is 208 g/mol. The molecule has 2 heterocycles. The van der Waals surface area contributed by atoms with E-state index in [1.165, 1.54) is 24.2 Å². The van der Waals surface area contributed by atoms with Crippen molar-refractivity contribution in [1.29, 1.82) is 0 Å². The van der Waals surface area contributed by atoms with E-state index in [1.54, 1.807) is 0 Å². The molecule has 0 aromatic carbocycles. The molecular formula is C11H18N2OS. The summed E-state index contributed by atoms with van der Waals surface area (Å²) in [4.78, 5) is 0. The Hall–Kier alpha value is -0.480. The van der Waals surface area contributed by atoms with Crippen LogP contribution in [0.1, 0.15) is 24.8 Å². The minimum atomic E-state index is -0.141. The summed E-state index contributed by atoms with van der Waals surface area (Å²) in [6.07, 6.45) is 8.01. The highest BCUT2D eigenvalue weighted by atomic mass is 32.2. The SMILES string of the molecule is Cn1cc(CCC(O)C2CCCS2)cn1. The second-order valence-corrected chi connectivity index (χ2v) is 5.53. The van der Waals surface area contributed by atoms with Crippen molar-refractivity contribution in [2.75, 3.05) is 5.75 Å². The molecule has 4 heteroatoms. The molecule has 2 rings (SSSR count). The van der Waals surface area contributed by atoms with Crippen molar-refractivity contribution in [3.63, 3.8) is 0 Å². The molecule has 0 saturated carbocycles. The first-order valence-electron chi connectivity index (χ1n) is 5.53. The number of aryl methyl sites for hydroxylation is 2. The fourth-order valence-electron chi connectivity index (χ4n) is 2.01. The monoisotopic (exact) mass is 226 g/mol. The number of rotatable bonds is 4. The topological polar surface area (TPSA) is 38.0 Å². The maximum atomic E-state index is 9.97. The van der Waals surface area contributed by atoms with Gasteiger partial charge < -0.3 is 5.11 Å². The Bertz CT molecular complexity index is 307. The number of aliphatic hydroxyl groups is 1. The summed E-state index contributed by atoms with van der Waals surface area (Å²) in [6.45, 7) is 0. The molecule has 1 aliphatic heterocycles. The Morgan fingerprint density at radius 2 is 2.60 bits per heavy atom. The van der Waals surface area contributed by atoms with E-state index >= 15 is 0 Å². The lowest BCUT2D eigenvalue weighted by molar-refractivity contribution is 0.160. The van der Waals surface area contributed by atoms with Gasteiger partial charge in [-0.3, -0.25) is 4.68 Å². The van der Waals surface area contributed by atoms with Crippen LogP contribution in [0.4, 0.5) is 0 Å². The second-order valence-electron chi connectivity index (χ2n) is 4.18. The van der Waals surface area contributed by atoms with Gasteiger partial charge in [-0.2, -0.15) is 16.9 Å². The number of hydrogen-bond donors (Lipinski definition) is 1. The third-order valence-electron chi connectivity index (χ3n) is 2.88. The Balaban J connectivity index is 1.77. The van der Waals surface area contributed by atoms with Crippen LogP contribution >= 0.6 is 11.8 Å². The third-order valence-corrected chi connectivity index (χ3v) is 4.38. The predicted octanol–water partition coefficient (Wildman–Crippen LogP) is 1.61. The van der Waals surface area contributed by atoms with E-state index in [-0.39, 0.29) is 6.10 Å². The Labute approximate surface area is 94.9 Å². The summed E-state index contributed by atoms with van der Waals surface area (Å²) in [7, 11) is 1.92. The van der Waals surface area contributed by atoms with Gasteiger partial charge in [-0.1, -0.05) is 0 Å². The van der Waals surface area contributed by atoms with Crippen LogP contribution in [0.2, 0.25) is 0 Å². The lowest BCUT2D eigenvalue weighted by atomic mass is 10.1. The smallest absolute Gasteiger partial charge is 0.0662 e. The molecule has 2 unspecified atom stereocenters. The molecule has 3 nitrogen and oxygen atoms in total. The molecule has 2 atom stereocenters. The van der Waals surface area contributed by atoms with Gasteiger partial charge in [-0.25, -0.2) is 0 Å². The zero-order chi connectivity index (χ0) is 10.7. The number of aromatic nitrogens is 2. The van der Waals surface area contributed by atoms with Crippen LogP contribution in [0.25, 0.3) is 0 Å². The quantitative estimate of drug-likeness (QED) is 0.847. The Morgan fingerprint density at radius 1 is 1.73 bits per heavy atom. The minimum Gasteiger partial charge on any atom is -0.392 e. The zero-order valence-electron chi connectivity index (χ0n) is 9.09. The van der Waals surface area contributed by atoms with Crippen molar-refractivity contribution >= 4 is 11.8 Å². The van der Waals surface area contributed by atoms with E-state index in [9.17, 15) is 5.11 Å². The second kappa shape index (κ2) is 5.03. The number of hydrogen-bond acceptors (Lipinski definition) is 3. The molecule has 0 spiro atoms. The summed E-state index contributed by atoms with van der Waals surface area (Å²) >= 11 is 1.92. The first-order chi connectivity index (χ1) is 7.25. The molecule has 0 aliphatic carbocycles. The van der Waals surface area contributed by atoms with Gasteiger partial charge in [0.2, 0.25) is 0 Å². The van der Waals surface area contributed by atoms with Crippen LogP contribution in [-0.4, -0.2) is 32.0 Å². The van der Waals surface area contributed by atoms with E-state index in [0.29, 0.717) is 5.25 Å². The largest absolute Gasteiger partial charge is 0.392 e. The predicted molar refractivity (Wildman–Crippen MR) is 63.0 cm³/mol. The highest BCUT2D eigenvalue weighted by molar-refractivity contribution is 8.00. The van der Waals surface area contributed by atoms with Crippen molar-refractivity contribution in [2.24, 2.45) is 7.05 Å².